The number of rotatable bonds is 6. The van der Waals surface area contributed by atoms with E-state index in [1.54, 1.807) is 0 Å². The van der Waals surface area contributed by atoms with E-state index in [2.05, 4.69) is 86.6 Å². The minimum atomic E-state index is -0.376. The van der Waals surface area contributed by atoms with E-state index in [0.29, 0.717) is 17.9 Å². The molecular formula is C31H33N7O. The molecule has 1 fully saturated rings. The fraction of sp³-hybridized carbons (Fsp3) is 0.290. The first kappa shape index (κ1) is 25.0. The number of aromatic nitrogens is 5. The fourth-order valence-electron chi connectivity index (χ4n) is 5.61. The Morgan fingerprint density at radius 1 is 0.897 bits per heavy atom. The van der Waals surface area contributed by atoms with E-state index in [9.17, 15) is 4.79 Å². The second-order valence-corrected chi connectivity index (χ2v) is 10.5. The summed E-state index contributed by atoms with van der Waals surface area (Å²) in [6.07, 6.45) is 0. The van der Waals surface area contributed by atoms with Crippen molar-refractivity contribution in [1.29, 1.82) is 0 Å². The van der Waals surface area contributed by atoms with E-state index in [1.165, 1.54) is 16.8 Å². The monoisotopic (exact) mass is 519 g/mol. The third-order valence-electron chi connectivity index (χ3n) is 7.90. The number of aromatic amines is 1. The van der Waals surface area contributed by atoms with Gasteiger partial charge in [-0.15, -0.1) is 5.10 Å². The summed E-state index contributed by atoms with van der Waals surface area (Å²) in [6.45, 7) is 10.2. The standard InChI is InChI=1S/C31H33N7O/c1-21-12-13-25-19-26(31(39)32-27(25)18-21)29(30-33-34-35-38(30)20-24-9-5-4-6-10-24)37-16-14-36(15-17-37)28-11-7-8-22(2)23(28)3/h4-13,18-19,29H,14-17,20H2,1-3H3,(H,32,39)/t29-/m1/s1. The Bertz CT molecular complexity index is 1670. The van der Waals surface area contributed by atoms with Gasteiger partial charge in [0.05, 0.1) is 6.54 Å². The van der Waals surface area contributed by atoms with Crippen LogP contribution < -0.4 is 10.5 Å². The van der Waals surface area contributed by atoms with Crippen LogP contribution >= 0.6 is 0 Å². The average Bonchev–Trinajstić information content (AvgIpc) is 3.39. The molecule has 1 aliphatic rings. The van der Waals surface area contributed by atoms with Crippen LogP contribution in [0.5, 0.6) is 0 Å². The number of H-pyrrole nitrogens is 1. The van der Waals surface area contributed by atoms with E-state index >= 15 is 0 Å². The molecule has 198 valence electrons. The van der Waals surface area contributed by atoms with E-state index in [1.807, 2.05) is 41.9 Å². The topological polar surface area (TPSA) is 82.9 Å². The van der Waals surface area contributed by atoms with E-state index in [0.717, 1.165) is 48.2 Å². The average molecular weight is 520 g/mol. The lowest BCUT2D eigenvalue weighted by Crippen LogP contribution is -2.49. The van der Waals surface area contributed by atoms with Crippen molar-refractivity contribution >= 4 is 16.6 Å². The molecular weight excluding hydrogens is 486 g/mol. The van der Waals surface area contributed by atoms with Crippen molar-refractivity contribution in [3.63, 3.8) is 0 Å². The summed E-state index contributed by atoms with van der Waals surface area (Å²) in [6, 6.07) is 24.4. The normalized spacial score (nSPS) is 15.1. The molecule has 3 aromatic carbocycles. The maximum Gasteiger partial charge on any atom is 0.253 e. The number of hydrogen-bond acceptors (Lipinski definition) is 6. The van der Waals surface area contributed by atoms with Gasteiger partial charge in [0.15, 0.2) is 5.82 Å². The largest absolute Gasteiger partial charge is 0.369 e. The maximum atomic E-state index is 13.6. The van der Waals surface area contributed by atoms with Crippen molar-refractivity contribution < 1.29 is 0 Å². The summed E-state index contributed by atoms with van der Waals surface area (Å²) in [5.74, 6) is 0.677. The molecule has 3 heterocycles. The molecule has 1 saturated heterocycles. The third-order valence-corrected chi connectivity index (χ3v) is 7.90. The molecule has 0 spiro atoms. The van der Waals surface area contributed by atoms with E-state index in [-0.39, 0.29) is 11.6 Å². The van der Waals surface area contributed by atoms with Crippen LogP contribution in [0.15, 0.2) is 77.6 Å². The van der Waals surface area contributed by atoms with Crippen molar-refractivity contribution in [3.8, 4) is 0 Å². The van der Waals surface area contributed by atoms with Crippen LogP contribution in [0.1, 0.15) is 39.7 Å². The first-order valence-electron chi connectivity index (χ1n) is 13.5. The highest BCUT2D eigenvalue weighted by Gasteiger charge is 2.33. The zero-order valence-corrected chi connectivity index (χ0v) is 22.6. The van der Waals surface area contributed by atoms with Gasteiger partial charge in [-0.25, -0.2) is 4.68 Å². The van der Waals surface area contributed by atoms with E-state index in [4.69, 9.17) is 0 Å². The van der Waals surface area contributed by atoms with Crippen LogP contribution in [0.2, 0.25) is 0 Å². The lowest BCUT2D eigenvalue weighted by Gasteiger charge is -2.40. The smallest absolute Gasteiger partial charge is 0.253 e. The molecule has 0 amide bonds. The summed E-state index contributed by atoms with van der Waals surface area (Å²) < 4.78 is 1.83. The zero-order valence-electron chi connectivity index (χ0n) is 22.6. The number of hydrogen-bond donors (Lipinski definition) is 1. The number of fused-ring (bicyclic) bond motifs is 1. The Morgan fingerprint density at radius 3 is 2.49 bits per heavy atom. The number of nitrogens with zero attached hydrogens (tertiary/aromatic N) is 6. The van der Waals surface area contributed by atoms with Crippen LogP contribution in [0.4, 0.5) is 5.69 Å². The lowest BCUT2D eigenvalue weighted by molar-refractivity contribution is 0.200. The summed E-state index contributed by atoms with van der Waals surface area (Å²) in [5, 5.41) is 13.9. The first-order chi connectivity index (χ1) is 19.0. The van der Waals surface area contributed by atoms with Crippen molar-refractivity contribution in [2.45, 2.75) is 33.4 Å². The highest BCUT2D eigenvalue weighted by Crippen LogP contribution is 2.30. The molecule has 0 radical (unpaired) electrons. The second kappa shape index (κ2) is 10.5. The van der Waals surface area contributed by atoms with E-state index < -0.39 is 0 Å². The van der Waals surface area contributed by atoms with Crippen LogP contribution in [0.25, 0.3) is 10.9 Å². The Labute approximate surface area is 227 Å². The molecule has 0 unspecified atom stereocenters. The fourth-order valence-corrected chi connectivity index (χ4v) is 5.61. The second-order valence-electron chi connectivity index (χ2n) is 10.5. The predicted molar refractivity (Wildman–Crippen MR) is 154 cm³/mol. The van der Waals surface area contributed by atoms with Gasteiger partial charge in [-0.05, 0) is 77.0 Å². The molecule has 8 heteroatoms. The number of tetrazole rings is 1. The Hall–Kier alpha value is -4.30. The molecule has 2 aromatic heterocycles. The van der Waals surface area contributed by atoms with Gasteiger partial charge in [0, 0.05) is 42.9 Å². The van der Waals surface area contributed by atoms with Crippen molar-refractivity contribution in [2.75, 3.05) is 31.1 Å². The van der Waals surface area contributed by atoms with Crippen LogP contribution in [-0.4, -0.2) is 56.3 Å². The molecule has 1 N–H and O–H groups in total. The molecule has 1 atom stereocenters. The van der Waals surface area contributed by atoms with Gasteiger partial charge in [-0.1, -0.05) is 54.6 Å². The molecule has 5 aromatic rings. The lowest BCUT2D eigenvalue weighted by atomic mass is 10.0. The predicted octanol–water partition coefficient (Wildman–Crippen LogP) is 4.40. The van der Waals surface area contributed by atoms with Gasteiger partial charge in [0.25, 0.3) is 5.56 Å². The minimum absolute atomic E-state index is 0.107. The highest BCUT2D eigenvalue weighted by molar-refractivity contribution is 5.79. The number of benzene rings is 3. The van der Waals surface area contributed by atoms with Gasteiger partial charge >= 0.3 is 0 Å². The van der Waals surface area contributed by atoms with Gasteiger partial charge in [0.2, 0.25) is 0 Å². The number of anilines is 1. The molecule has 0 aliphatic carbocycles. The van der Waals surface area contributed by atoms with Gasteiger partial charge in [-0.3, -0.25) is 9.69 Å². The van der Waals surface area contributed by atoms with Crippen molar-refractivity contribution in [3.05, 3.63) is 117 Å². The number of aryl methyl sites for hydroxylation is 2. The number of piperazine rings is 1. The molecule has 0 bridgehead atoms. The number of nitrogens with one attached hydrogen (secondary N) is 1. The molecule has 1 aliphatic heterocycles. The summed E-state index contributed by atoms with van der Waals surface area (Å²) in [5.41, 5.74) is 7.50. The summed E-state index contributed by atoms with van der Waals surface area (Å²) in [7, 11) is 0. The molecule has 8 nitrogen and oxygen atoms in total. The highest BCUT2D eigenvalue weighted by atomic mass is 16.1. The van der Waals surface area contributed by atoms with Gasteiger partial charge < -0.3 is 9.88 Å². The minimum Gasteiger partial charge on any atom is -0.369 e. The third kappa shape index (κ3) is 4.95. The van der Waals surface area contributed by atoms with Gasteiger partial charge in [0.1, 0.15) is 6.04 Å². The Balaban J connectivity index is 1.38. The van der Waals surface area contributed by atoms with Crippen LogP contribution in [0, 0.1) is 20.8 Å². The van der Waals surface area contributed by atoms with Crippen molar-refractivity contribution in [1.82, 2.24) is 30.1 Å². The number of pyridine rings is 1. The quantitative estimate of drug-likeness (QED) is 0.358. The SMILES string of the molecule is Cc1ccc2cc([C@H](c3nnnn3Cc3ccccc3)N3CCN(c4cccc(C)c4C)CC3)c(=O)[nH]c2c1. The zero-order chi connectivity index (χ0) is 26.9. The van der Waals surface area contributed by atoms with Crippen LogP contribution in [-0.2, 0) is 6.54 Å². The molecule has 6 rings (SSSR count). The Morgan fingerprint density at radius 2 is 1.69 bits per heavy atom. The van der Waals surface area contributed by atoms with Gasteiger partial charge in [-0.2, -0.15) is 0 Å². The Kier molecular flexibility index (Phi) is 6.70. The summed E-state index contributed by atoms with van der Waals surface area (Å²) >= 11 is 0. The summed E-state index contributed by atoms with van der Waals surface area (Å²) in [4.78, 5) is 21.5. The molecule has 39 heavy (non-hydrogen) atoms. The maximum absolute atomic E-state index is 13.6. The van der Waals surface area contributed by atoms with Crippen LogP contribution in [0.3, 0.4) is 0 Å². The molecule has 0 saturated carbocycles. The first-order valence-corrected chi connectivity index (χ1v) is 13.5. The van der Waals surface area contributed by atoms with Crippen molar-refractivity contribution in [2.24, 2.45) is 0 Å².